The van der Waals surface area contributed by atoms with Crippen LogP contribution >= 0.6 is 22.9 Å². The lowest BCUT2D eigenvalue weighted by molar-refractivity contribution is -0.117. The van der Waals surface area contributed by atoms with Crippen molar-refractivity contribution in [3.63, 3.8) is 0 Å². The second-order valence-electron chi connectivity index (χ2n) is 7.69. The Balaban J connectivity index is 1.93. The molecule has 2 N–H and O–H groups in total. The van der Waals surface area contributed by atoms with Crippen molar-refractivity contribution in [2.24, 2.45) is 5.41 Å². The average molecular weight is 405 g/mol. The fourth-order valence-electron chi connectivity index (χ4n) is 2.98. The largest absolute Gasteiger partial charge is 0.477 e. The normalized spacial score (nSPS) is 11.7. The minimum Gasteiger partial charge on any atom is -0.477 e. The van der Waals surface area contributed by atoms with Gasteiger partial charge in [0.1, 0.15) is 5.69 Å². The number of fused-ring (bicyclic) bond motifs is 1. The fourth-order valence-corrected chi connectivity index (χ4v) is 4.05. The van der Waals surface area contributed by atoms with Crippen LogP contribution < -0.4 is 5.32 Å². The van der Waals surface area contributed by atoms with Crippen LogP contribution in [0.25, 0.3) is 10.9 Å². The zero-order valence-corrected chi connectivity index (χ0v) is 16.9. The van der Waals surface area contributed by atoms with E-state index in [0.29, 0.717) is 23.0 Å². The Morgan fingerprint density at radius 3 is 2.52 bits per heavy atom. The molecule has 1 aromatic carbocycles. The van der Waals surface area contributed by atoms with Crippen molar-refractivity contribution in [3.8, 4) is 0 Å². The van der Waals surface area contributed by atoms with Gasteiger partial charge in [0, 0.05) is 27.9 Å². The maximum absolute atomic E-state index is 12.2. The molecular weight excluding hydrogens is 384 g/mol. The monoisotopic (exact) mass is 404 g/mol. The molecule has 2 aromatic heterocycles. The number of carbonyl (C=O) groups excluding carboxylic acids is 1. The van der Waals surface area contributed by atoms with Crippen LogP contribution in [0, 0.1) is 5.41 Å². The average Bonchev–Trinajstić information content (AvgIpc) is 3.09. The number of aromatic carboxylic acids is 1. The highest BCUT2D eigenvalue weighted by molar-refractivity contribution is 7.16. The van der Waals surface area contributed by atoms with Crippen LogP contribution in [0.3, 0.4) is 0 Å². The van der Waals surface area contributed by atoms with Gasteiger partial charge in [0.15, 0.2) is 0 Å². The van der Waals surface area contributed by atoms with Gasteiger partial charge in [0.25, 0.3) is 0 Å². The van der Waals surface area contributed by atoms with Crippen molar-refractivity contribution in [2.75, 3.05) is 5.32 Å². The summed E-state index contributed by atoms with van der Waals surface area (Å²) in [6.07, 6.45) is 0.408. The molecule has 0 aliphatic heterocycles. The van der Waals surface area contributed by atoms with Crippen LogP contribution in [0.15, 0.2) is 36.4 Å². The lowest BCUT2D eigenvalue weighted by atomic mass is 9.92. The SMILES string of the molecule is CC(C)(C)CC(=O)Nc1ccc2c(c1)cc(C(=O)O)n2Cc1ccc(Cl)s1. The third kappa shape index (κ3) is 4.70. The van der Waals surface area contributed by atoms with Gasteiger partial charge in [-0.1, -0.05) is 32.4 Å². The van der Waals surface area contributed by atoms with Gasteiger partial charge in [-0.25, -0.2) is 4.79 Å². The molecule has 3 aromatic rings. The Labute approximate surface area is 166 Å². The smallest absolute Gasteiger partial charge is 0.352 e. The quantitative estimate of drug-likeness (QED) is 0.591. The number of hydrogen-bond donors (Lipinski definition) is 2. The maximum atomic E-state index is 12.2. The number of amides is 1. The summed E-state index contributed by atoms with van der Waals surface area (Å²) in [6, 6.07) is 10.8. The minimum atomic E-state index is -0.993. The number of halogens is 1. The van der Waals surface area contributed by atoms with Crippen molar-refractivity contribution >= 4 is 51.4 Å². The van der Waals surface area contributed by atoms with Gasteiger partial charge >= 0.3 is 5.97 Å². The van der Waals surface area contributed by atoms with Crippen LogP contribution in [0.1, 0.15) is 42.6 Å². The van der Waals surface area contributed by atoms with E-state index in [9.17, 15) is 14.7 Å². The van der Waals surface area contributed by atoms with E-state index in [1.807, 2.05) is 32.9 Å². The Kier molecular flexibility index (Phi) is 5.31. The summed E-state index contributed by atoms with van der Waals surface area (Å²) in [5.41, 5.74) is 1.55. The van der Waals surface area contributed by atoms with Crippen LogP contribution in [0.5, 0.6) is 0 Å². The number of carbonyl (C=O) groups is 2. The Morgan fingerprint density at radius 2 is 1.93 bits per heavy atom. The molecule has 1 amide bonds. The first kappa shape index (κ1) is 19.5. The molecule has 7 heteroatoms. The van der Waals surface area contributed by atoms with Crippen LogP contribution in [-0.4, -0.2) is 21.6 Å². The van der Waals surface area contributed by atoms with E-state index in [0.717, 1.165) is 15.8 Å². The first-order chi connectivity index (χ1) is 12.6. The summed E-state index contributed by atoms with van der Waals surface area (Å²) in [5.74, 6) is -1.06. The highest BCUT2D eigenvalue weighted by Crippen LogP contribution is 2.28. The van der Waals surface area contributed by atoms with E-state index >= 15 is 0 Å². The number of anilines is 1. The molecule has 3 rings (SSSR count). The Hall–Kier alpha value is -2.31. The van der Waals surface area contributed by atoms with E-state index in [4.69, 9.17) is 11.6 Å². The number of nitrogens with one attached hydrogen (secondary N) is 1. The summed E-state index contributed by atoms with van der Waals surface area (Å²) >= 11 is 7.42. The molecule has 0 spiro atoms. The number of benzene rings is 1. The Bertz CT molecular complexity index is 1010. The zero-order chi connectivity index (χ0) is 19.8. The van der Waals surface area contributed by atoms with Crippen LogP contribution in [0.4, 0.5) is 5.69 Å². The molecule has 0 fully saturated rings. The molecule has 27 heavy (non-hydrogen) atoms. The van der Waals surface area contributed by atoms with E-state index < -0.39 is 5.97 Å². The van der Waals surface area contributed by atoms with Crippen molar-refractivity contribution < 1.29 is 14.7 Å². The number of hydrogen-bond acceptors (Lipinski definition) is 3. The van der Waals surface area contributed by atoms with Gasteiger partial charge in [0.2, 0.25) is 5.91 Å². The summed E-state index contributed by atoms with van der Waals surface area (Å²) in [6.45, 7) is 6.45. The molecule has 0 unspecified atom stereocenters. The molecule has 2 heterocycles. The van der Waals surface area contributed by atoms with Gasteiger partial charge in [-0.3, -0.25) is 4.79 Å². The zero-order valence-electron chi connectivity index (χ0n) is 15.4. The summed E-state index contributed by atoms with van der Waals surface area (Å²) in [4.78, 5) is 24.8. The molecule has 0 aliphatic carbocycles. The molecule has 5 nitrogen and oxygen atoms in total. The van der Waals surface area contributed by atoms with Crippen molar-refractivity contribution in [1.29, 1.82) is 0 Å². The second kappa shape index (κ2) is 7.37. The number of aromatic nitrogens is 1. The number of thiophene rings is 1. The van der Waals surface area contributed by atoms with Crippen LogP contribution in [0.2, 0.25) is 4.34 Å². The summed E-state index contributed by atoms with van der Waals surface area (Å²) < 4.78 is 2.42. The van der Waals surface area contributed by atoms with Gasteiger partial charge in [0.05, 0.1) is 10.9 Å². The number of nitrogens with zero attached hydrogens (tertiary/aromatic N) is 1. The lowest BCUT2D eigenvalue weighted by Gasteiger charge is -2.17. The first-order valence-electron chi connectivity index (χ1n) is 8.53. The van der Waals surface area contributed by atoms with E-state index in [-0.39, 0.29) is 17.0 Å². The topological polar surface area (TPSA) is 71.3 Å². The predicted octanol–water partition coefficient (Wildman–Crippen LogP) is 5.48. The van der Waals surface area contributed by atoms with Gasteiger partial charge < -0.3 is 15.0 Å². The molecular formula is C20H21ClN2O3S. The van der Waals surface area contributed by atoms with Gasteiger partial charge in [-0.15, -0.1) is 11.3 Å². The highest BCUT2D eigenvalue weighted by atomic mass is 35.5. The third-order valence-corrected chi connectivity index (χ3v) is 5.25. The van der Waals surface area contributed by atoms with E-state index in [2.05, 4.69) is 5.32 Å². The van der Waals surface area contributed by atoms with E-state index in [1.165, 1.54) is 11.3 Å². The predicted molar refractivity (Wildman–Crippen MR) is 110 cm³/mol. The first-order valence-corrected chi connectivity index (χ1v) is 9.72. The fraction of sp³-hybridized carbons (Fsp3) is 0.300. The molecule has 142 valence electrons. The second-order valence-corrected chi connectivity index (χ2v) is 9.49. The number of carboxylic acids is 1. The van der Waals surface area contributed by atoms with Gasteiger partial charge in [-0.2, -0.15) is 0 Å². The highest BCUT2D eigenvalue weighted by Gasteiger charge is 2.18. The molecule has 0 bridgehead atoms. The summed E-state index contributed by atoms with van der Waals surface area (Å²) in [7, 11) is 0. The number of carboxylic acid groups (broad SMARTS) is 1. The van der Waals surface area contributed by atoms with Crippen molar-refractivity contribution in [2.45, 2.75) is 33.7 Å². The van der Waals surface area contributed by atoms with Crippen molar-refractivity contribution in [1.82, 2.24) is 4.57 Å². The maximum Gasteiger partial charge on any atom is 0.352 e. The lowest BCUT2D eigenvalue weighted by Crippen LogP contribution is -2.19. The third-order valence-electron chi connectivity index (χ3n) is 4.04. The summed E-state index contributed by atoms with van der Waals surface area (Å²) in [5, 5.41) is 13.2. The molecule has 0 saturated carbocycles. The molecule has 0 atom stereocenters. The minimum absolute atomic E-state index is 0.0621. The molecule has 0 saturated heterocycles. The Morgan fingerprint density at radius 1 is 1.19 bits per heavy atom. The van der Waals surface area contributed by atoms with Crippen molar-refractivity contribution in [3.05, 3.63) is 51.3 Å². The number of rotatable bonds is 5. The van der Waals surface area contributed by atoms with E-state index in [1.54, 1.807) is 28.8 Å². The van der Waals surface area contributed by atoms with Crippen LogP contribution in [-0.2, 0) is 11.3 Å². The molecule has 0 aliphatic rings. The van der Waals surface area contributed by atoms with Gasteiger partial charge in [-0.05, 0) is 41.8 Å². The molecule has 0 radical (unpaired) electrons. The standard InChI is InChI=1S/C20H21ClN2O3S/c1-20(2,3)10-18(24)22-13-4-6-15-12(8-13)9-16(19(25)26)23(15)11-14-5-7-17(21)27-14/h4-9H,10-11H2,1-3H3,(H,22,24)(H,25,26).